The van der Waals surface area contributed by atoms with E-state index < -0.39 is 17.7 Å². The van der Waals surface area contributed by atoms with Crippen molar-refractivity contribution in [3.8, 4) is 5.75 Å². The van der Waals surface area contributed by atoms with E-state index in [0.717, 1.165) is 0 Å². The summed E-state index contributed by atoms with van der Waals surface area (Å²) in [5.41, 5.74) is 10.5. The third kappa shape index (κ3) is 5.83. The Kier molecular flexibility index (Phi) is 5.98. The number of rotatable bonds is 7. The second-order valence-electron chi connectivity index (χ2n) is 3.81. The number of hydrogen-bond acceptors (Lipinski definition) is 5. The summed E-state index contributed by atoms with van der Waals surface area (Å²) in [6.45, 7) is -0.601. The van der Waals surface area contributed by atoms with Crippen LogP contribution in [0, 0.1) is 0 Å². The van der Waals surface area contributed by atoms with Crippen molar-refractivity contribution in [2.45, 2.75) is 0 Å². The van der Waals surface area contributed by atoms with Crippen LogP contribution in [0.5, 0.6) is 5.75 Å². The molecule has 1 aromatic rings. The molecule has 0 unspecified atom stereocenters. The van der Waals surface area contributed by atoms with Crippen LogP contribution in [0.1, 0.15) is 0 Å². The molecule has 0 fully saturated rings. The lowest BCUT2D eigenvalue weighted by molar-refractivity contribution is -0.123. The molecule has 0 aliphatic heterocycles. The third-order valence-corrected chi connectivity index (χ3v) is 2.13. The average Bonchev–Trinajstić information content (AvgIpc) is 2.43. The van der Waals surface area contributed by atoms with Crippen LogP contribution in [0.25, 0.3) is 0 Å². The maximum Gasteiger partial charge on any atom is 0.255 e. The molecule has 1 rings (SSSR count). The first-order valence-corrected chi connectivity index (χ1v) is 5.79. The molecule has 0 spiro atoms. The van der Waals surface area contributed by atoms with Crippen LogP contribution in [0.4, 0.5) is 5.69 Å². The molecule has 0 saturated carbocycles. The maximum atomic E-state index is 11.5. The number of ether oxygens (including phenoxy) is 1. The number of carbonyl (C=O) groups excluding carboxylic acids is 3. The lowest BCUT2D eigenvalue weighted by Crippen LogP contribution is -2.36. The Hall–Kier alpha value is -2.61. The van der Waals surface area contributed by atoms with Crippen LogP contribution >= 0.6 is 0 Å². The van der Waals surface area contributed by atoms with E-state index in [1.807, 2.05) is 0 Å². The molecule has 0 bridgehead atoms. The van der Waals surface area contributed by atoms with E-state index >= 15 is 0 Å². The Morgan fingerprint density at radius 3 is 2.60 bits per heavy atom. The maximum absolute atomic E-state index is 11.5. The van der Waals surface area contributed by atoms with Crippen molar-refractivity contribution < 1.29 is 19.1 Å². The Balaban J connectivity index is 2.50. The predicted molar refractivity (Wildman–Crippen MR) is 71.8 cm³/mol. The lowest BCUT2D eigenvalue weighted by Gasteiger charge is -2.08. The van der Waals surface area contributed by atoms with Gasteiger partial charge in [-0.25, -0.2) is 0 Å². The summed E-state index contributed by atoms with van der Waals surface area (Å²) in [6, 6.07) is 6.44. The first kappa shape index (κ1) is 15.4. The number of primary amides is 1. The largest absolute Gasteiger partial charge is 0.484 e. The number of hydrogen-bond donors (Lipinski definition) is 4. The van der Waals surface area contributed by atoms with Crippen LogP contribution in [0.15, 0.2) is 24.3 Å². The monoisotopic (exact) mass is 280 g/mol. The summed E-state index contributed by atoms with van der Waals surface area (Å²) in [7, 11) is 0. The Morgan fingerprint density at radius 2 is 1.95 bits per heavy atom. The zero-order valence-corrected chi connectivity index (χ0v) is 10.7. The summed E-state index contributed by atoms with van der Waals surface area (Å²) in [4.78, 5) is 33.0. The van der Waals surface area contributed by atoms with Gasteiger partial charge in [-0.3, -0.25) is 14.4 Å². The van der Waals surface area contributed by atoms with Gasteiger partial charge in [-0.05, 0) is 12.1 Å². The molecule has 0 aliphatic rings. The van der Waals surface area contributed by atoms with Gasteiger partial charge in [0, 0.05) is 11.8 Å². The first-order chi connectivity index (χ1) is 9.51. The van der Waals surface area contributed by atoms with Gasteiger partial charge in [0.05, 0.1) is 13.1 Å². The minimum atomic E-state index is -0.594. The van der Waals surface area contributed by atoms with E-state index in [2.05, 4.69) is 10.6 Å². The van der Waals surface area contributed by atoms with Gasteiger partial charge in [-0.15, -0.1) is 0 Å². The molecule has 0 aliphatic carbocycles. The van der Waals surface area contributed by atoms with E-state index in [4.69, 9.17) is 16.2 Å². The molecule has 0 aromatic heterocycles. The van der Waals surface area contributed by atoms with Crippen LogP contribution in [-0.4, -0.2) is 37.4 Å². The third-order valence-electron chi connectivity index (χ3n) is 2.13. The van der Waals surface area contributed by atoms with Crippen molar-refractivity contribution >= 4 is 23.4 Å². The normalized spacial score (nSPS) is 9.65. The molecule has 0 saturated heterocycles. The van der Waals surface area contributed by atoms with E-state index in [1.54, 1.807) is 18.2 Å². The Bertz CT molecular complexity index is 504. The van der Waals surface area contributed by atoms with E-state index in [-0.39, 0.29) is 19.7 Å². The fraction of sp³-hybridized carbons (Fsp3) is 0.250. The number of nitrogens with one attached hydrogen (secondary N) is 2. The molecule has 20 heavy (non-hydrogen) atoms. The van der Waals surface area contributed by atoms with Crippen LogP contribution in [0.2, 0.25) is 0 Å². The smallest absolute Gasteiger partial charge is 0.255 e. The van der Waals surface area contributed by atoms with Gasteiger partial charge in [0.2, 0.25) is 11.8 Å². The number of carbonyl (C=O) groups is 3. The zero-order valence-electron chi connectivity index (χ0n) is 10.7. The second-order valence-corrected chi connectivity index (χ2v) is 3.81. The van der Waals surface area contributed by atoms with Gasteiger partial charge < -0.3 is 26.8 Å². The highest BCUT2D eigenvalue weighted by atomic mass is 16.5. The van der Waals surface area contributed by atoms with Gasteiger partial charge in [-0.2, -0.15) is 0 Å². The molecule has 108 valence electrons. The molecule has 8 heteroatoms. The van der Waals surface area contributed by atoms with Gasteiger partial charge in [0.15, 0.2) is 6.61 Å². The molecule has 0 heterocycles. The van der Waals surface area contributed by atoms with Crippen molar-refractivity contribution in [2.24, 2.45) is 11.5 Å². The first-order valence-electron chi connectivity index (χ1n) is 5.79. The van der Waals surface area contributed by atoms with Crippen LogP contribution in [-0.2, 0) is 14.4 Å². The molecule has 0 atom stereocenters. The van der Waals surface area contributed by atoms with Crippen molar-refractivity contribution in [1.29, 1.82) is 0 Å². The summed E-state index contributed by atoms with van der Waals surface area (Å²) in [5.74, 6) is -1.02. The summed E-state index contributed by atoms with van der Waals surface area (Å²) >= 11 is 0. The van der Waals surface area contributed by atoms with Gasteiger partial charge in [0.1, 0.15) is 5.75 Å². The Morgan fingerprint density at radius 1 is 1.20 bits per heavy atom. The highest BCUT2D eigenvalue weighted by Gasteiger charge is 2.05. The molecule has 3 amide bonds. The highest BCUT2D eigenvalue weighted by molar-refractivity contribution is 5.94. The average molecular weight is 280 g/mol. The summed E-state index contributed by atoms with van der Waals surface area (Å²) in [5, 5.41) is 4.90. The predicted octanol–water partition coefficient (Wildman–Crippen LogP) is -1.44. The fourth-order valence-electron chi connectivity index (χ4n) is 1.27. The fourth-order valence-corrected chi connectivity index (χ4v) is 1.27. The lowest BCUT2D eigenvalue weighted by atomic mass is 10.3. The molecule has 1 aromatic carbocycles. The number of anilines is 1. The minimum absolute atomic E-state index is 0.177. The second kappa shape index (κ2) is 7.74. The van der Waals surface area contributed by atoms with Crippen molar-refractivity contribution in [3.05, 3.63) is 24.3 Å². The number of amides is 3. The van der Waals surface area contributed by atoms with Crippen molar-refractivity contribution in [2.75, 3.05) is 25.0 Å². The Labute approximate surface area is 115 Å². The minimum Gasteiger partial charge on any atom is -0.484 e. The summed E-state index contributed by atoms with van der Waals surface area (Å²) in [6.07, 6.45) is 0. The van der Waals surface area contributed by atoms with E-state index in [9.17, 15) is 14.4 Å². The number of nitrogens with two attached hydrogens (primary N) is 2. The molecule has 0 radical (unpaired) electrons. The molecule has 8 nitrogen and oxygen atoms in total. The standard InChI is InChI=1S/C12H16N4O4/c13-5-11(18)15-6-12(19)16-8-2-1-3-9(4-8)20-7-10(14)17/h1-4H,5-7,13H2,(H2,14,17)(H,15,18)(H,16,19). The van der Waals surface area contributed by atoms with Gasteiger partial charge in [0.25, 0.3) is 5.91 Å². The van der Waals surface area contributed by atoms with Gasteiger partial charge in [-0.1, -0.05) is 6.07 Å². The van der Waals surface area contributed by atoms with E-state index in [0.29, 0.717) is 11.4 Å². The van der Waals surface area contributed by atoms with Crippen molar-refractivity contribution in [3.63, 3.8) is 0 Å². The van der Waals surface area contributed by atoms with Gasteiger partial charge >= 0.3 is 0 Å². The SMILES string of the molecule is NCC(=O)NCC(=O)Nc1cccc(OCC(N)=O)c1. The number of benzene rings is 1. The quantitative estimate of drug-likeness (QED) is 0.485. The zero-order chi connectivity index (χ0) is 15.0. The van der Waals surface area contributed by atoms with Crippen LogP contribution < -0.4 is 26.8 Å². The molecular weight excluding hydrogens is 264 g/mol. The topological polar surface area (TPSA) is 137 Å². The van der Waals surface area contributed by atoms with Crippen molar-refractivity contribution in [1.82, 2.24) is 5.32 Å². The molecule has 6 N–H and O–H groups in total. The highest BCUT2D eigenvalue weighted by Crippen LogP contribution is 2.16. The summed E-state index contributed by atoms with van der Waals surface area (Å²) < 4.78 is 5.09. The molecular formula is C12H16N4O4. The van der Waals surface area contributed by atoms with Crippen LogP contribution in [0.3, 0.4) is 0 Å². The van der Waals surface area contributed by atoms with E-state index in [1.165, 1.54) is 6.07 Å².